The number of hydrogen-bond acceptors (Lipinski definition) is 5. The summed E-state index contributed by atoms with van der Waals surface area (Å²) in [5, 5.41) is 10.4. The highest BCUT2D eigenvalue weighted by molar-refractivity contribution is 5.74. The number of carbonyl (C=O) groups is 2. The lowest BCUT2D eigenvalue weighted by Crippen LogP contribution is -2.43. The molecule has 5 heteroatoms. The summed E-state index contributed by atoms with van der Waals surface area (Å²) < 4.78 is 11.8. The minimum Gasteiger partial charge on any atom is -0.462 e. The van der Waals surface area contributed by atoms with E-state index in [4.69, 9.17) is 9.47 Å². The van der Waals surface area contributed by atoms with E-state index >= 15 is 0 Å². The van der Waals surface area contributed by atoms with Crippen molar-refractivity contribution in [2.75, 3.05) is 0 Å². The van der Waals surface area contributed by atoms with Crippen LogP contribution in [-0.2, 0) is 19.1 Å². The fourth-order valence-electron chi connectivity index (χ4n) is 5.97. The van der Waals surface area contributed by atoms with Crippen molar-refractivity contribution in [1.29, 1.82) is 0 Å². The third-order valence-corrected chi connectivity index (χ3v) is 8.00. The normalized spacial score (nSPS) is 37.0. The maximum absolute atomic E-state index is 12.8. The van der Waals surface area contributed by atoms with Crippen LogP contribution in [0.5, 0.6) is 0 Å². The first kappa shape index (κ1) is 25.0. The summed E-state index contributed by atoms with van der Waals surface area (Å²) in [4.78, 5) is 25.1. The van der Waals surface area contributed by atoms with Gasteiger partial charge in [-0.25, -0.2) is 0 Å². The van der Waals surface area contributed by atoms with E-state index in [1.54, 1.807) is 0 Å². The molecule has 0 radical (unpaired) electrons. The molecule has 0 aromatic rings. The molecule has 3 rings (SSSR count). The van der Waals surface area contributed by atoms with E-state index in [2.05, 4.69) is 32.1 Å². The number of esters is 2. The molecule has 2 aliphatic carbocycles. The molecule has 0 bridgehead atoms. The van der Waals surface area contributed by atoms with Crippen molar-refractivity contribution >= 4 is 11.9 Å². The van der Waals surface area contributed by atoms with Crippen LogP contribution in [-0.4, -0.2) is 35.4 Å². The monoisotopic (exact) mass is 446 g/mol. The Labute approximate surface area is 193 Å². The average molecular weight is 447 g/mol. The number of aliphatic hydroxyl groups excluding tert-OH is 1. The van der Waals surface area contributed by atoms with Gasteiger partial charge in [0.05, 0.1) is 17.9 Å². The van der Waals surface area contributed by atoms with Crippen LogP contribution in [0.2, 0.25) is 0 Å². The summed E-state index contributed by atoms with van der Waals surface area (Å²) in [7, 11) is 0. The first-order valence-electron chi connectivity index (χ1n) is 12.8. The summed E-state index contributed by atoms with van der Waals surface area (Å²) in [6.45, 7) is 10.4. The lowest BCUT2D eigenvalue weighted by atomic mass is 9.65. The van der Waals surface area contributed by atoms with Crippen molar-refractivity contribution < 1.29 is 24.2 Å². The fourth-order valence-corrected chi connectivity index (χ4v) is 5.97. The van der Waals surface area contributed by atoms with Crippen LogP contribution < -0.4 is 0 Å². The van der Waals surface area contributed by atoms with E-state index in [9.17, 15) is 14.7 Å². The summed E-state index contributed by atoms with van der Waals surface area (Å²) in [5.74, 6) is 0.457. The zero-order valence-electron chi connectivity index (χ0n) is 20.5. The molecular formula is C27H42O5. The van der Waals surface area contributed by atoms with Gasteiger partial charge >= 0.3 is 11.9 Å². The molecule has 3 aliphatic rings. The first-order valence-corrected chi connectivity index (χ1v) is 12.8. The largest absolute Gasteiger partial charge is 0.462 e. The third kappa shape index (κ3) is 5.47. The first-order chi connectivity index (χ1) is 15.3. The van der Waals surface area contributed by atoms with Gasteiger partial charge in [0.2, 0.25) is 0 Å². The van der Waals surface area contributed by atoms with Crippen molar-refractivity contribution in [2.45, 2.75) is 97.9 Å². The third-order valence-electron chi connectivity index (χ3n) is 8.00. The van der Waals surface area contributed by atoms with Gasteiger partial charge in [-0.1, -0.05) is 52.8 Å². The van der Waals surface area contributed by atoms with Gasteiger partial charge in [0.1, 0.15) is 12.2 Å². The number of allylic oxidation sites excluding steroid dienone is 3. The molecule has 0 saturated carbocycles. The van der Waals surface area contributed by atoms with E-state index in [0.717, 1.165) is 32.1 Å². The van der Waals surface area contributed by atoms with Gasteiger partial charge in [-0.3, -0.25) is 9.59 Å². The van der Waals surface area contributed by atoms with Gasteiger partial charge in [0.25, 0.3) is 0 Å². The molecule has 0 aromatic carbocycles. The average Bonchev–Trinajstić information content (AvgIpc) is 2.74. The molecule has 32 heavy (non-hydrogen) atoms. The Bertz CT molecular complexity index is 722. The summed E-state index contributed by atoms with van der Waals surface area (Å²) in [5.41, 5.74) is 1.28. The van der Waals surface area contributed by atoms with Gasteiger partial charge in [0, 0.05) is 12.3 Å². The van der Waals surface area contributed by atoms with Crippen LogP contribution in [0.4, 0.5) is 0 Å². The second-order valence-electron chi connectivity index (χ2n) is 10.2. The van der Waals surface area contributed by atoms with Crippen molar-refractivity contribution in [3.63, 3.8) is 0 Å². The molecule has 180 valence electrons. The predicted molar refractivity (Wildman–Crippen MR) is 125 cm³/mol. The van der Waals surface area contributed by atoms with Crippen molar-refractivity contribution in [1.82, 2.24) is 0 Å². The second-order valence-corrected chi connectivity index (χ2v) is 10.2. The molecule has 1 heterocycles. The number of hydrogen-bond donors (Lipinski definition) is 1. The van der Waals surface area contributed by atoms with Crippen molar-refractivity contribution in [2.24, 2.45) is 35.5 Å². The van der Waals surface area contributed by atoms with E-state index < -0.39 is 12.0 Å². The van der Waals surface area contributed by atoms with E-state index in [1.807, 2.05) is 20.8 Å². The molecule has 6 unspecified atom stereocenters. The molecule has 0 aromatic heterocycles. The molecule has 1 saturated heterocycles. The number of cyclic esters (lactones) is 1. The Balaban J connectivity index is 1.73. The number of carbonyl (C=O) groups excluding carboxylic acids is 2. The predicted octanol–water partition coefficient (Wildman–Crippen LogP) is 5.22. The Morgan fingerprint density at radius 1 is 1.19 bits per heavy atom. The lowest BCUT2D eigenvalue weighted by molar-refractivity contribution is -0.171. The minimum atomic E-state index is -0.616. The Hall–Kier alpha value is -1.62. The van der Waals surface area contributed by atoms with E-state index in [-0.39, 0.29) is 36.0 Å². The van der Waals surface area contributed by atoms with E-state index in [0.29, 0.717) is 30.6 Å². The molecule has 1 fully saturated rings. The van der Waals surface area contributed by atoms with Crippen molar-refractivity contribution in [3.8, 4) is 0 Å². The van der Waals surface area contributed by atoms with Crippen LogP contribution in [0.25, 0.3) is 0 Å². The topological polar surface area (TPSA) is 72.8 Å². The second kappa shape index (κ2) is 11.0. The Morgan fingerprint density at radius 3 is 2.53 bits per heavy atom. The quantitative estimate of drug-likeness (QED) is 0.517. The Morgan fingerprint density at radius 2 is 1.91 bits per heavy atom. The highest BCUT2D eigenvalue weighted by Crippen LogP contribution is 2.45. The highest BCUT2D eigenvalue weighted by Gasteiger charge is 2.43. The molecule has 8 atom stereocenters. The number of ether oxygens (including phenoxy) is 2. The van der Waals surface area contributed by atoms with Gasteiger partial charge in [0.15, 0.2) is 0 Å². The minimum absolute atomic E-state index is 0.0377. The van der Waals surface area contributed by atoms with E-state index in [1.165, 1.54) is 5.57 Å². The lowest BCUT2D eigenvalue weighted by Gasteiger charge is -2.43. The Kier molecular flexibility index (Phi) is 8.60. The van der Waals surface area contributed by atoms with Gasteiger partial charge in [-0.2, -0.15) is 0 Å². The highest BCUT2D eigenvalue weighted by atomic mass is 16.6. The number of fused-ring (bicyclic) bond motifs is 1. The molecule has 0 spiro atoms. The molecule has 5 nitrogen and oxygen atoms in total. The number of aliphatic hydroxyl groups is 1. The van der Waals surface area contributed by atoms with Crippen LogP contribution in [0.3, 0.4) is 0 Å². The molecule has 1 N–H and O–H groups in total. The van der Waals surface area contributed by atoms with Crippen LogP contribution in [0.15, 0.2) is 23.8 Å². The van der Waals surface area contributed by atoms with Crippen LogP contribution in [0.1, 0.15) is 79.6 Å². The van der Waals surface area contributed by atoms with Crippen LogP contribution in [0, 0.1) is 35.5 Å². The molecule has 0 amide bonds. The van der Waals surface area contributed by atoms with Crippen molar-refractivity contribution in [3.05, 3.63) is 23.8 Å². The summed E-state index contributed by atoms with van der Waals surface area (Å²) >= 11 is 0. The summed E-state index contributed by atoms with van der Waals surface area (Å²) in [6.07, 6.45) is 11.0. The van der Waals surface area contributed by atoms with Gasteiger partial charge < -0.3 is 14.6 Å². The zero-order chi connectivity index (χ0) is 23.4. The maximum atomic E-state index is 12.8. The number of rotatable bonds is 8. The van der Waals surface area contributed by atoms with Gasteiger partial charge in [-0.15, -0.1) is 0 Å². The standard InChI is InChI=1S/C27H42O5/c1-6-18(7-2)26(29)32-24-14-16(4)13-19-10-9-17(5)22(25(19)24)12-11-20-15-23(28)21(8-3)27(30)31-20/h9-10,13,16-18,20-25,28H,6-8,11-12,14-15H2,1-5H3/t16?,17?,20-,21?,22?,23-,24?,25?/m1/s1. The SMILES string of the molecule is CCC(CC)C(=O)OC1CC(C)C=C2C=CC(C)C(CC[C@@H]3C[C@@H](O)C(CC)C(=O)O3)C21. The van der Waals surface area contributed by atoms with Crippen LogP contribution >= 0.6 is 0 Å². The maximum Gasteiger partial charge on any atom is 0.311 e. The fraction of sp³-hybridized carbons (Fsp3) is 0.778. The molecular weight excluding hydrogens is 404 g/mol. The summed E-state index contributed by atoms with van der Waals surface area (Å²) in [6, 6.07) is 0. The smallest absolute Gasteiger partial charge is 0.311 e. The van der Waals surface area contributed by atoms with Gasteiger partial charge in [-0.05, 0) is 61.9 Å². The molecule has 1 aliphatic heterocycles. The zero-order valence-corrected chi connectivity index (χ0v) is 20.5.